The molecule has 0 atom stereocenters. The summed E-state index contributed by atoms with van der Waals surface area (Å²) in [7, 11) is 0. The molecule has 1 heterocycles. The van der Waals surface area contributed by atoms with Gasteiger partial charge in [-0.05, 0) is 6.07 Å². The number of nitrogens with one attached hydrogen (secondary N) is 1. The second-order valence-electron chi connectivity index (χ2n) is 3.26. The highest BCUT2D eigenvalue weighted by atomic mass is 16.5. The summed E-state index contributed by atoms with van der Waals surface area (Å²) in [4.78, 5) is 21.1. The van der Waals surface area contributed by atoms with Crippen molar-refractivity contribution in [3.05, 3.63) is 23.7 Å². The van der Waals surface area contributed by atoms with Crippen molar-refractivity contribution in [2.45, 2.75) is 6.54 Å². The van der Waals surface area contributed by atoms with E-state index in [1.165, 1.54) is 12.3 Å². The average molecular weight is 242 g/mol. The van der Waals surface area contributed by atoms with Crippen molar-refractivity contribution in [1.29, 1.82) is 0 Å². The first-order valence-electron chi connectivity index (χ1n) is 4.97. The van der Waals surface area contributed by atoms with E-state index in [1.807, 2.05) is 0 Å². The molecule has 0 bridgehead atoms. The third-order valence-corrected chi connectivity index (χ3v) is 1.93. The molecule has 7 nitrogen and oxygen atoms in total. The van der Waals surface area contributed by atoms with Crippen LogP contribution in [-0.4, -0.2) is 36.7 Å². The van der Waals surface area contributed by atoms with Gasteiger partial charge in [-0.25, -0.2) is 4.79 Å². The number of hydrogen-bond acceptors (Lipinski definition) is 5. The molecule has 4 N–H and O–H groups in total. The van der Waals surface area contributed by atoms with E-state index in [9.17, 15) is 9.59 Å². The van der Waals surface area contributed by atoms with Crippen molar-refractivity contribution in [2.75, 3.05) is 19.8 Å². The van der Waals surface area contributed by atoms with Crippen LogP contribution in [0.4, 0.5) is 0 Å². The third kappa shape index (κ3) is 4.66. The lowest BCUT2D eigenvalue weighted by Gasteiger charge is -2.03. The van der Waals surface area contributed by atoms with Gasteiger partial charge in [-0.1, -0.05) is 0 Å². The zero-order valence-corrected chi connectivity index (χ0v) is 9.14. The fourth-order valence-corrected chi connectivity index (χ4v) is 1.19. The van der Waals surface area contributed by atoms with E-state index in [2.05, 4.69) is 5.32 Å². The van der Waals surface area contributed by atoms with Gasteiger partial charge in [0.1, 0.15) is 17.9 Å². The summed E-state index contributed by atoms with van der Waals surface area (Å²) in [5.74, 6) is -1.20. The van der Waals surface area contributed by atoms with Crippen molar-refractivity contribution < 1.29 is 23.8 Å². The summed E-state index contributed by atoms with van der Waals surface area (Å²) in [6, 6.07) is 1.39. The van der Waals surface area contributed by atoms with Crippen LogP contribution >= 0.6 is 0 Å². The van der Waals surface area contributed by atoms with Crippen LogP contribution in [0.25, 0.3) is 0 Å². The Bertz CT molecular complexity index is 388. The number of hydrogen-bond donors (Lipinski definition) is 3. The molecule has 17 heavy (non-hydrogen) atoms. The molecule has 0 aliphatic carbocycles. The van der Waals surface area contributed by atoms with E-state index in [4.69, 9.17) is 20.0 Å². The van der Waals surface area contributed by atoms with Gasteiger partial charge in [-0.15, -0.1) is 0 Å². The maximum absolute atomic E-state index is 10.7. The van der Waals surface area contributed by atoms with Gasteiger partial charge in [0.15, 0.2) is 0 Å². The number of carbonyl (C=O) groups excluding carboxylic acids is 1. The smallest absolute Gasteiger partial charge is 0.339 e. The Morgan fingerprint density at radius 3 is 2.94 bits per heavy atom. The van der Waals surface area contributed by atoms with Crippen LogP contribution in [0.2, 0.25) is 0 Å². The summed E-state index contributed by atoms with van der Waals surface area (Å²) in [6.07, 6.45) is 1.32. The number of carbonyl (C=O) groups is 2. The quantitative estimate of drug-likeness (QED) is 0.533. The number of carboxylic acids is 1. The molecule has 0 fully saturated rings. The van der Waals surface area contributed by atoms with Gasteiger partial charge >= 0.3 is 5.97 Å². The molecular formula is C10H14N2O5. The molecule has 0 radical (unpaired) electrons. The number of amides is 1. The van der Waals surface area contributed by atoms with Gasteiger partial charge in [0, 0.05) is 6.54 Å². The van der Waals surface area contributed by atoms with Crippen molar-refractivity contribution in [3.8, 4) is 0 Å². The minimum Gasteiger partial charge on any atom is -0.478 e. The Morgan fingerprint density at radius 2 is 2.29 bits per heavy atom. The van der Waals surface area contributed by atoms with E-state index in [0.29, 0.717) is 18.9 Å². The zero-order valence-electron chi connectivity index (χ0n) is 9.14. The monoisotopic (exact) mass is 242 g/mol. The molecule has 0 saturated carbocycles. The Morgan fingerprint density at radius 1 is 1.53 bits per heavy atom. The molecule has 0 saturated heterocycles. The number of aromatic carboxylic acids is 1. The maximum Gasteiger partial charge on any atom is 0.339 e. The number of rotatable bonds is 8. The second-order valence-corrected chi connectivity index (χ2v) is 3.26. The van der Waals surface area contributed by atoms with Crippen LogP contribution < -0.4 is 11.1 Å². The maximum atomic E-state index is 10.7. The van der Waals surface area contributed by atoms with Crippen LogP contribution in [0, 0.1) is 0 Å². The highest BCUT2D eigenvalue weighted by Crippen LogP contribution is 2.09. The summed E-state index contributed by atoms with van der Waals surface area (Å²) in [5.41, 5.74) is 5.01. The molecule has 1 aromatic heterocycles. The van der Waals surface area contributed by atoms with Crippen LogP contribution in [0.1, 0.15) is 16.1 Å². The number of furan rings is 1. The summed E-state index contributed by atoms with van der Waals surface area (Å²) >= 11 is 0. The lowest BCUT2D eigenvalue weighted by molar-refractivity contribution is -0.122. The first-order chi connectivity index (χ1) is 8.11. The lowest BCUT2D eigenvalue weighted by Crippen LogP contribution is -2.24. The SMILES string of the molecule is NC(=O)COCCNCc1occc1C(=O)O. The first kappa shape index (κ1) is 13.2. The van der Waals surface area contributed by atoms with Crippen molar-refractivity contribution in [3.63, 3.8) is 0 Å². The Hall–Kier alpha value is -1.86. The Kier molecular flexibility index (Phi) is 5.18. The van der Waals surface area contributed by atoms with E-state index in [-0.39, 0.29) is 18.7 Å². The number of nitrogens with two attached hydrogens (primary N) is 1. The van der Waals surface area contributed by atoms with Gasteiger partial charge in [-0.2, -0.15) is 0 Å². The number of primary amides is 1. The van der Waals surface area contributed by atoms with Crippen molar-refractivity contribution in [2.24, 2.45) is 5.73 Å². The molecule has 0 aliphatic heterocycles. The molecule has 0 unspecified atom stereocenters. The molecule has 1 rings (SSSR count). The molecule has 94 valence electrons. The standard InChI is InChI=1S/C10H14N2O5/c11-9(13)6-16-4-2-12-5-8-7(10(14)15)1-3-17-8/h1,3,12H,2,4-6H2,(H2,11,13)(H,14,15). The normalized spacial score (nSPS) is 10.4. The fourth-order valence-electron chi connectivity index (χ4n) is 1.19. The average Bonchev–Trinajstić information content (AvgIpc) is 2.71. The largest absolute Gasteiger partial charge is 0.478 e. The Balaban J connectivity index is 2.20. The minimum atomic E-state index is -1.03. The third-order valence-electron chi connectivity index (χ3n) is 1.93. The van der Waals surface area contributed by atoms with E-state index in [1.54, 1.807) is 0 Å². The molecule has 0 spiro atoms. The van der Waals surface area contributed by atoms with Gasteiger partial charge < -0.3 is 25.3 Å². The second kappa shape index (κ2) is 6.66. The number of ether oxygens (including phenoxy) is 1. The predicted octanol–water partition coefficient (Wildman–Crippen LogP) is -0.431. The fraction of sp³-hybridized carbons (Fsp3) is 0.400. The molecule has 0 aliphatic rings. The highest BCUT2D eigenvalue weighted by Gasteiger charge is 2.12. The van der Waals surface area contributed by atoms with Crippen molar-refractivity contribution in [1.82, 2.24) is 5.32 Å². The van der Waals surface area contributed by atoms with E-state index >= 15 is 0 Å². The Labute approximate surface area is 97.5 Å². The van der Waals surface area contributed by atoms with Gasteiger partial charge in [0.25, 0.3) is 0 Å². The molecule has 7 heteroatoms. The molecular weight excluding hydrogens is 228 g/mol. The topological polar surface area (TPSA) is 115 Å². The van der Waals surface area contributed by atoms with Crippen LogP contribution in [0.5, 0.6) is 0 Å². The van der Waals surface area contributed by atoms with Crippen LogP contribution in [0.15, 0.2) is 16.7 Å². The van der Waals surface area contributed by atoms with Gasteiger partial charge in [-0.3, -0.25) is 4.79 Å². The van der Waals surface area contributed by atoms with E-state index in [0.717, 1.165) is 0 Å². The first-order valence-corrected chi connectivity index (χ1v) is 4.97. The van der Waals surface area contributed by atoms with Crippen LogP contribution in [-0.2, 0) is 16.1 Å². The zero-order chi connectivity index (χ0) is 12.7. The summed E-state index contributed by atoms with van der Waals surface area (Å²) in [6.45, 7) is 0.941. The van der Waals surface area contributed by atoms with Crippen LogP contribution in [0.3, 0.4) is 0 Å². The molecule has 0 aromatic carbocycles. The van der Waals surface area contributed by atoms with Crippen molar-refractivity contribution >= 4 is 11.9 Å². The predicted molar refractivity (Wildman–Crippen MR) is 57.4 cm³/mol. The lowest BCUT2D eigenvalue weighted by atomic mass is 10.2. The summed E-state index contributed by atoms with van der Waals surface area (Å²) < 4.78 is 9.92. The van der Waals surface area contributed by atoms with E-state index < -0.39 is 11.9 Å². The van der Waals surface area contributed by atoms with Gasteiger partial charge in [0.05, 0.1) is 19.4 Å². The number of carboxylic acid groups (broad SMARTS) is 1. The molecule has 1 amide bonds. The summed E-state index contributed by atoms with van der Waals surface area (Å²) in [5, 5.41) is 11.7. The highest BCUT2D eigenvalue weighted by molar-refractivity contribution is 5.88. The minimum absolute atomic E-state index is 0.122. The molecule has 1 aromatic rings. The van der Waals surface area contributed by atoms with Gasteiger partial charge in [0.2, 0.25) is 5.91 Å².